The molecule has 0 aliphatic heterocycles. The summed E-state index contributed by atoms with van der Waals surface area (Å²) in [4.78, 5) is 24.5. The molecule has 0 spiro atoms. The molecule has 2 unspecified atom stereocenters. The van der Waals surface area contributed by atoms with Gasteiger partial charge in [0.15, 0.2) is 0 Å². The van der Waals surface area contributed by atoms with Gasteiger partial charge in [0, 0.05) is 12.8 Å². The van der Waals surface area contributed by atoms with E-state index in [1.165, 1.54) is 276 Å². The summed E-state index contributed by atoms with van der Waals surface area (Å²) in [6.07, 6.45) is 83.2. The van der Waals surface area contributed by atoms with Gasteiger partial charge in [0.05, 0.1) is 25.4 Å². The van der Waals surface area contributed by atoms with Gasteiger partial charge in [-0.2, -0.15) is 0 Å². The molecule has 75 heavy (non-hydrogen) atoms. The number of aliphatic hydroxyl groups excluding tert-OH is 2. The smallest absolute Gasteiger partial charge is 0.305 e. The maximum atomic E-state index is 12.5. The summed E-state index contributed by atoms with van der Waals surface area (Å²) in [5.41, 5.74) is 0. The summed E-state index contributed by atoms with van der Waals surface area (Å²) in [7, 11) is 0. The molecule has 0 heterocycles. The van der Waals surface area contributed by atoms with Crippen molar-refractivity contribution in [2.45, 2.75) is 366 Å². The number of ether oxygens (including phenoxy) is 1. The van der Waals surface area contributed by atoms with Crippen LogP contribution in [-0.2, 0) is 14.3 Å². The van der Waals surface area contributed by atoms with Gasteiger partial charge in [-0.1, -0.05) is 300 Å². The monoisotopic (exact) mass is 1050 g/mol. The minimum absolute atomic E-state index is 0.00139. The molecule has 0 radical (unpaired) electrons. The first kappa shape index (κ1) is 72.8. The standard InChI is InChI=1S/C69H129NO5/c1-3-5-7-9-11-13-15-17-18-32-35-38-41-45-49-53-57-61-67(72)66(65-71)70-68(73)62-58-54-50-46-42-39-36-33-30-28-26-24-22-20-19-21-23-25-27-29-31-34-37-40-44-48-52-56-60-64-75-69(74)63-59-55-51-47-43-16-14-12-10-8-6-4-2/h12,14,19,21,25,27,57,61,66-67,71-72H,3-11,13,15-18,20,22-24,26,28-56,58-60,62-65H2,1-2H3,(H,70,73)/b14-12-,21-19-,27-25-,61-57+. The number of allylic oxidation sites excluding steroid dienone is 7. The molecule has 0 aromatic heterocycles. The van der Waals surface area contributed by atoms with Gasteiger partial charge in [-0.3, -0.25) is 9.59 Å². The van der Waals surface area contributed by atoms with E-state index >= 15 is 0 Å². The van der Waals surface area contributed by atoms with E-state index < -0.39 is 12.1 Å². The highest BCUT2D eigenvalue weighted by molar-refractivity contribution is 5.76. The highest BCUT2D eigenvalue weighted by Gasteiger charge is 2.18. The largest absolute Gasteiger partial charge is 0.466 e. The van der Waals surface area contributed by atoms with Gasteiger partial charge in [0.25, 0.3) is 0 Å². The van der Waals surface area contributed by atoms with Gasteiger partial charge in [0.2, 0.25) is 5.91 Å². The molecule has 440 valence electrons. The van der Waals surface area contributed by atoms with Crippen molar-refractivity contribution in [3.8, 4) is 0 Å². The van der Waals surface area contributed by atoms with Gasteiger partial charge in [0.1, 0.15) is 0 Å². The average molecular weight is 1050 g/mol. The third-order valence-corrected chi connectivity index (χ3v) is 15.3. The van der Waals surface area contributed by atoms with Crippen LogP contribution in [0.5, 0.6) is 0 Å². The van der Waals surface area contributed by atoms with E-state index in [1.54, 1.807) is 6.08 Å². The Bertz CT molecular complexity index is 1260. The lowest BCUT2D eigenvalue weighted by Gasteiger charge is -2.20. The van der Waals surface area contributed by atoms with E-state index in [0.717, 1.165) is 51.4 Å². The average Bonchev–Trinajstić information content (AvgIpc) is 3.41. The van der Waals surface area contributed by atoms with Gasteiger partial charge < -0.3 is 20.3 Å². The highest BCUT2D eigenvalue weighted by atomic mass is 16.5. The number of carbonyl (C=O) groups is 2. The first-order valence-corrected chi connectivity index (χ1v) is 33.4. The van der Waals surface area contributed by atoms with Crippen molar-refractivity contribution in [3.05, 3.63) is 48.6 Å². The molecule has 0 aromatic carbocycles. The van der Waals surface area contributed by atoms with Crippen LogP contribution >= 0.6 is 0 Å². The van der Waals surface area contributed by atoms with E-state index in [9.17, 15) is 19.8 Å². The zero-order valence-corrected chi connectivity index (χ0v) is 50.3. The highest BCUT2D eigenvalue weighted by Crippen LogP contribution is 2.17. The third-order valence-electron chi connectivity index (χ3n) is 15.3. The van der Waals surface area contributed by atoms with E-state index in [0.29, 0.717) is 19.4 Å². The van der Waals surface area contributed by atoms with Crippen molar-refractivity contribution < 1.29 is 24.5 Å². The lowest BCUT2D eigenvalue weighted by molar-refractivity contribution is -0.143. The fourth-order valence-corrected chi connectivity index (χ4v) is 10.2. The van der Waals surface area contributed by atoms with Crippen molar-refractivity contribution in [2.75, 3.05) is 13.2 Å². The van der Waals surface area contributed by atoms with Crippen LogP contribution in [-0.4, -0.2) is 47.4 Å². The van der Waals surface area contributed by atoms with Gasteiger partial charge in [-0.05, 0) is 89.9 Å². The van der Waals surface area contributed by atoms with E-state index in [2.05, 4.69) is 55.6 Å². The Morgan fingerprint density at radius 1 is 0.373 bits per heavy atom. The molecule has 0 aliphatic carbocycles. The summed E-state index contributed by atoms with van der Waals surface area (Å²) in [5, 5.41) is 23.2. The third kappa shape index (κ3) is 60.9. The second kappa shape index (κ2) is 64.3. The van der Waals surface area contributed by atoms with Crippen LogP contribution in [0.2, 0.25) is 0 Å². The van der Waals surface area contributed by atoms with Crippen LogP contribution < -0.4 is 5.32 Å². The molecule has 3 N–H and O–H groups in total. The van der Waals surface area contributed by atoms with Crippen LogP contribution in [0.15, 0.2) is 48.6 Å². The van der Waals surface area contributed by atoms with Gasteiger partial charge in [-0.25, -0.2) is 0 Å². The Morgan fingerprint density at radius 3 is 1.05 bits per heavy atom. The molecule has 0 saturated carbocycles. The molecule has 0 bridgehead atoms. The molecule has 0 aromatic rings. The fraction of sp³-hybridized carbons (Fsp3) is 0.855. The summed E-state index contributed by atoms with van der Waals surface area (Å²) < 4.78 is 5.46. The number of unbranched alkanes of at least 4 members (excludes halogenated alkanes) is 45. The topological polar surface area (TPSA) is 95.9 Å². The number of hydrogen-bond donors (Lipinski definition) is 3. The molecule has 6 nitrogen and oxygen atoms in total. The summed E-state index contributed by atoms with van der Waals surface area (Å²) in [5.74, 6) is -0.0657. The normalized spacial score (nSPS) is 12.9. The number of esters is 1. The quantitative estimate of drug-likeness (QED) is 0.0320. The number of nitrogens with one attached hydrogen (secondary N) is 1. The fourth-order valence-electron chi connectivity index (χ4n) is 10.2. The van der Waals surface area contributed by atoms with Crippen LogP contribution in [0, 0.1) is 0 Å². The number of rotatable bonds is 62. The van der Waals surface area contributed by atoms with Gasteiger partial charge >= 0.3 is 5.97 Å². The minimum Gasteiger partial charge on any atom is -0.466 e. The Hall–Kier alpha value is -2.18. The Kier molecular flexibility index (Phi) is 62.5. The Balaban J connectivity index is 3.44. The molecule has 0 fully saturated rings. The zero-order chi connectivity index (χ0) is 54.3. The summed E-state index contributed by atoms with van der Waals surface area (Å²) >= 11 is 0. The predicted octanol–water partition coefficient (Wildman–Crippen LogP) is 21.3. The van der Waals surface area contributed by atoms with Crippen LogP contribution in [0.3, 0.4) is 0 Å². The lowest BCUT2D eigenvalue weighted by atomic mass is 10.0. The Labute approximate surface area is 467 Å². The van der Waals surface area contributed by atoms with Crippen molar-refractivity contribution in [2.24, 2.45) is 0 Å². The second-order valence-electron chi connectivity index (χ2n) is 22.8. The van der Waals surface area contributed by atoms with E-state index in [1.807, 2.05) is 6.08 Å². The second-order valence-corrected chi connectivity index (χ2v) is 22.8. The van der Waals surface area contributed by atoms with Gasteiger partial charge in [-0.15, -0.1) is 0 Å². The van der Waals surface area contributed by atoms with Crippen LogP contribution in [0.1, 0.15) is 354 Å². The molecule has 6 heteroatoms. The number of carbonyl (C=O) groups excluding carboxylic acids is 2. The van der Waals surface area contributed by atoms with E-state index in [-0.39, 0.29) is 18.5 Å². The first-order valence-electron chi connectivity index (χ1n) is 33.4. The van der Waals surface area contributed by atoms with Crippen molar-refractivity contribution in [1.29, 1.82) is 0 Å². The lowest BCUT2D eigenvalue weighted by Crippen LogP contribution is -2.45. The molecule has 1 amide bonds. The molecule has 2 atom stereocenters. The zero-order valence-electron chi connectivity index (χ0n) is 50.3. The number of aliphatic hydroxyl groups is 2. The Morgan fingerprint density at radius 2 is 0.667 bits per heavy atom. The predicted molar refractivity (Wildman–Crippen MR) is 329 cm³/mol. The minimum atomic E-state index is -0.846. The number of amides is 1. The first-order chi connectivity index (χ1) is 37.0. The molecule has 0 saturated heterocycles. The van der Waals surface area contributed by atoms with Crippen molar-refractivity contribution >= 4 is 11.9 Å². The number of hydrogen-bond acceptors (Lipinski definition) is 5. The summed E-state index contributed by atoms with van der Waals surface area (Å²) in [6, 6.07) is -0.629. The maximum absolute atomic E-state index is 12.5. The van der Waals surface area contributed by atoms with Crippen molar-refractivity contribution in [1.82, 2.24) is 5.32 Å². The maximum Gasteiger partial charge on any atom is 0.305 e. The SMILES string of the molecule is CCCCC/C=C\CCCCCCCC(=O)OCCCCCCCCCCC/C=C\C/C=C\CCCCCCCCCCCCCCCC(=O)NC(CO)C(O)/C=C/CCCCCCCCCCCCCCCCC. The summed E-state index contributed by atoms with van der Waals surface area (Å²) in [6.45, 7) is 4.89. The van der Waals surface area contributed by atoms with Crippen LogP contribution in [0.25, 0.3) is 0 Å². The molecular weight excluding hydrogens is 923 g/mol. The van der Waals surface area contributed by atoms with Crippen LogP contribution in [0.4, 0.5) is 0 Å². The van der Waals surface area contributed by atoms with E-state index in [4.69, 9.17) is 4.74 Å². The van der Waals surface area contributed by atoms with Crippen molar-refractivity contribution in [3.63, 3.8) is 0 Å². The molecule has 0 rings (SSSR count). The molecule has 0 aliphatic rings. The molecular formula is C69H129NO5.